The second-order valence-corrected chi connectivity index (χ2v) is 3.70. The zero-order valence-electron chi connectivity index (χ0n) is 8.69. The summed E-state index contributed by atoms with van der Waals surface area (Å²) in [5.74, 6) is -0.0993. The Bertz CT molecular complexity index is 252. The first-order valence-electron chi connectivity index (χ1n) is 4.87. The Kier molecular flexibility index (Phi) is 4.08. The van der Waals surface area contributed by atoms with Gasteiger partial charge in [0, 0.05) is 6.54 Å². The van der Waals surface area contributed by atoms with Gasteiger partial charge in [-0.3, -0.25) is 4.79 Å². The van der Waals surface area contributed by atoms with Crippen molar-refractivity contribution >= 4 is 29.4 Å². The summed E-state index contributed by atoms with van der Waals surface area (Å²) >= 11 is 0. The van der Waals surface area contributed by atoms with Gasteiger partial charge in [0.25, 0.3) is 0 Å². The van der Waals surface area contributed by atoms with Crippen molar-refractivity contribution < 1.29 is 9.53 Å². The molecule has 15 heavy (non-hydrogen) atoms. The lowest BCUT2D eigenvalue weighted by Crippen LogP contribution is -2.42. The van der Waals surface area contributed by atoms with Crippen LogP contribution in [0, 0.1) is 0 Å². The summed E-state index contributed by atoms with van der Waals surface area (Å²) in [6.45, 7) is 4.41. The number of hydrogen-bond donors (Lipinski definition) is 0. The molecule has 0 aromatic rings. The Morgan fingerprint density at radius 3 is 2.80 bits per heavy atom. The van der Waals surface area contributed by atoms with Crippen molar-refractivity contribution in [1.29, 1.82) is 0 Å². The number of hydrogen-bond acceptors (Lipinski definition) is 2. The van der Waals surface area contributed by atoms with E-state index in [4.69, 9.17) is 28.3 Å². The van der Waals surface area contributed by atoms with Gasteiger partial charge in [0.2, 0.25) is 5.91 Å². The van der Waals surface area contributed by atoms with Gasteiger partial charge in [-0.2, -0.15) is 0 Å². The van der Waals surface area contributed by atoms with Crippen molar-refractivity contribution in [3.05, 3.63) is 12.7 Å². The van der Waals surface area contributed by atoms with E-state index in [-0.39, 0.29) is 18.6 Å². The maximum absolute atomic E-state index is 11.4. The molecule has 0 N–H and O–H groups in total. The number of nitrogens with zero attached hydrogens (tertiary/aromatic N) is 1. The van der Waals surface area contributed by atoms with Gasteiger partial charge in [-0.25, -0.2) is 0 Å². The summed E-state index contributed by atoms with van der Waals surface area (Å²) in [4.78, 5) is 13.1. The molecule has 1 rings (SSSR count). The quantitative estimate of drug-likeness (QED) is 0.442. The second kappa shape index (κ2) is 4.93. The molecule has 0 aromatic carbocycles. The first kappa shape index (κ1) is 12.4. The van der Waals surface area contributed by atoms with Crippen LogP contribution in [0.5, 0.6) is 0 Å². The van der Waals surface area contributed by atoms with E-state index in [9.17, 15) is 4.79 Å². The van der Waals surface area contributed by atoms with Crippen molar-refractivity contribution in [2.24, 2.45) is 0 Å². The zero-order chi connectivity index (χ0) is 11.5. The smallest absolute Gasteiger partial charge is 0.246 e. The highest BCUT2D eigenvalue weighted by Crippen LogP contribution is 2.18. The van der Waals surface area contributed by atoms with Gasteiger partial charge in [-0.1, -0.05) is 6.58 Å². The lowest BCUT2D eigenvalue weighted by molar-refractivity contribution is -0.127. The van der Waals surface area contributed by atoms with Crippen LogP contribution in [0.15, 0.2) is 12.7 Å². The van der Waals surface area contributed by atoms with E-state index < -0.39 is 5.30 Å². The molecule has 0 bridgehead atoms. The van der Waals surface area contributed by atoms with Gasteiger partial charge < -0.3 is 9.64 Å². The summed E-state index contributed by atoms with van der Waals surface area (Å²) in [5, 5.41) is -1.63. The number of carbonyl (C=O) groups excluding carboxylic acids is 1. The fourth-order valence-corrected chi connectivity index (χ4v) is 1.66. The molecule has 0 aromatic heterocycles. The standard InChI is InChI=1S/C9H12B3NO2/c1-2-8(14)13-5-3-4-7(13)6-15-9(10,11)12/h2,7H,1,3-6H2. The molecular weight excluding hydrogens is 187 g/mol. The number of carbonyl (C=O) groups is 1. The fraction of sp³-hybridized carbons (Fsp3) is 0.667. The normalized spacial score (nSPS) is 21.6. The van der Waals surface area contributed by atoms with Crippen LogP contribution < -0.4 is 0 Å². The third-order valence-electron chi connectivity index (χ3n) is 2.36. The maximum Gasteiger partial charge on any atom is 0.246 e. The molecule has 1 heterocycles. The Morgan fingerprint density at radius 2 is 2.27 bits per heavy atom. The van der Waals surface area contributed by atoms with E-state index in [1.165, 1.54) is 6.08 Å². The molecule has 1 amide bonds. The maximum atomic E-state index is 11.4. The fourth-order valence-electron chi connectivity index (χ4n) is 1.66. The molecule has 1 aliphatic rings. The highest BCUT2D eigenvalue weighted by Gasteiger charge is 2.28. The van der Waals surface area contributed by atoms with E-state index in [0.717, 1.165) is 12.8 Å². The summed E-state index contributed by atoms with van der Waals surface area (Å²) in [5.41, 5.74) is 0. The highest BCUT2D eigenvalue weighted by molar-refractivity contribution is 6.58. The van der Waals surface area contributed by atoms with E-state index in [2.05, 4.69) is 6.58 Å². The molecular formula is C9H12B3NO2. The predicted molar refractivity (Wildman–Crippen MR) is 60.9 cm³/mol. The number of rotatable bonds is 4. The molecule has 0 spiro atoms. The summed E-state index contributed by atoms with van der Waals surface area (Å²) < 4.78 is 5.04. The number of ether oxygens (including phenoxy) is 1. The third-order valence-corrected chi connectivity index (χ3v) is 2.36. The van der Waals surface area contributed by atoms with Crippen LogP contribution in [-0.4, -0.2) is 58.8 Å². The van der Waals surface area contributed by atoms with Gasteiger partial charge in [0.1, 0.15) is 0 Å². The van der Waals surface area contributed by atoms with E-state index in [1.807, 2.05) is 0 Å². The summed E-state index contributed by atoms with van der Waals surface area (Å²) in [6, 6.07) is -0.00877. The SMILES string of the molecule is [B]C([B])([B])OCC1CCCN1C(=O)C=C. The third kappa shape index (κ3) is 3.78. The topological polar surface area (TPSA) is 29.5 Å². The molecule has 1 fully saturated rings. The zero-order valence-corrected chi connectivity index (χ0v) is 8.69. The van der Waals surface area contributed by atoms with Crippen molar-refractivity contribution in [2.45, 2.75) is 24.2 Å². The Balaban J connectivity index is 2.47. The number of amides is 1. The van der Waals surface area contributed by atoms with Crippen LogP contribution in [0.4, 0.5) is 0 Å². The van der Waals surface area contributed by atoms with Crippen molar-refractivity contribution in [3.8, 4) is 0 Å². The second-order valence-electron chi connectivity index (χ2n) is 3.70. The molecule has 6 heteroatoms. The van der Waals surface area contributed by atoms with Crippen LogP contribution in [0.25, 0.3) is 0 Å². The minimum atomic E-state index is -1.63. The van der Waals surface area contributed by atoms with Gasteiger partial charge >= 0.3 is 0 Å². The monoisotopic (exact) mass is 199 g/mol. The molecule has 1 unspecified atom stereocenters. The Labute approximate surface area is 94.5 Å². The van der Waals surface area contributed by atoms with Crippen LogP contribution >= 0.6 is 0 Å². The first-order valence-corrected chi connectivity index (χ1v) is 4.87. The minimum Gasteiger partial charge on any atom is -0.401 e. The Hall–Kier alpha value is -0.635. The first-order chi connectivity index (χ1) is 6.94. The van der Waals surface area contributed by atoms with Crippen LogP contribution in [-0.2, 0) is 9.53 Å². The van der Waals surface area contributed by atoms with Gasteiger partial charge in [0.15, 0.2) is 0 Å². The summed E-state index contributed by atoms with van der Waals surface area (Å²) in [7, 11) is 15.8. The lowest BCUT2D eigenvalue weighted by Gasteiger charge is -2.28. The molecule has 74 valence electrons. The highest BCUT2D eigenvalue weighted by atomic mass is 16.5. The molecule has 0 saturated carbocycles. The summed E-state index contributed by atoms with van der Waals surface area (Å²) in [6.07, 6.45) is 3.11. The predicted octanol–water partition coefficient (Wildman–Crippen LogP) is -0.703. The molecule has 3 nitrogen and oxygen atoms in total. The van der Waals surface area contributed by atoms with Crippen molar-refractivity contribution in [1.82, 2.24) is 4.90 Å². The molecule has 1 saturated heterocycles. The Morgan fingerprint density at radius 1 is 1.60 bits per heavy atom. The van der Waals surface area contributed by atoms with Gasteiger partial charge in [-0.15, -0.1) is 0 Å². The van der Waals surface area contributed by atoms with Crippen LogP contribution in [0.2, 0.25) is 0 Å². The molecule has 0 aliphatic carbocycles. The van der Waals surface area contributed by atoms with Crippen molar-refractivity contribution in [3.63, 3.8) is 0 Å². The van der Waals surface area contributed by atoms with E-state index in [1.54, 1.807) is 4.90 Å². The number of likely N-dealkylation sites (tertiary alicyclic amines) is 1. The largest absolute Gasteiger partial charge is 0.401 e. The van der Waals surface area contributed by atoms with Crippen molar-refractivity contribution in [2.75, 3.05) is 13.2 Å². The van der Waals surface area contributed by atoms with Gasteiger partial charge in [-0.05, 0) is 24.2 Å². The van der Waals surface area contributed by atoms with Gasteiger partial charge in [0.05, 0.1) is 36.2 Å². The lowest BCUT2D eigenvalue weighted by atomic mass is 9.52. The average molecular weight is 199 g/mol. The molecule has 1 aliphatic heterocycles. The molecule has 6 radical (unpaired) electrons. The van der Waals surface area contributed by atoms with Crippen LogP contribution in [0.3, 0.4) is 0 Å². The van der Waals surface area contributed by atoms with E-state index in [0.29, 0.717) is 6.54 Å². The minimum absolute atomic E-state index is 0.00877. The van der Waals surface area contributed by atoms with Crippen LogP contribution in [0.1, 0.15) is 12.8 Å². The van der Waals surface area contributed by atoms with E-state index >= 15 is 0 Å². The molecule has 1 atom stereocenters. The average Bonchev–Trinajstić information content (AvgIpc) is 2.60.